The summed E-state index contributed by atoms with van der Waals surface area (Å²) in [7, 11) is 0. The Morgan fingerprint density at radius 1 is 1.26 bits per heavy atom. The molecule has 0 amide bonds. The van der Waals surface area contributed by atoms with E-state index in [0.29, 0.717) is 30.6 Å². The number of ether oxygens (including phenoxy) is 3. The van der Waals surface area contributed by atoms with Crippen molar-refractivity contribution < 1.29 is 24.5 Å². The lowest BCUT2D eigenvalue weighted by Crippen LogP contribution is -2.22. The molecule has 23 heavy (non-hydrogen) atoms. The number of aromatic nitrogens is 1. The molecule has 1 aliphatic heterocycles. The second-order valence-corrected chi connectivity index (χ2v) is 5.09. The minimum Gasteiger partial charge on any atom is -0.493 e. The Morgan fingerprint density at radius 3 is 2.61 bits per heavy atom. The molecule has 3 rings (SSSR count). The van der Waals surface area contributed by atoms with Gasteiger partial charge < -0.3 is 14.2 Å². The van der Waals surface area contributed by atoms with Crippen LogP contribution in [0.3, 0.4) is 0 Å². The van der Waals surface area contributed by atoms with E-state index in [4.69, 9.17) is 19.7 Å². The first-order valence-corrected chi connectivity index (χ1v) is 7.17. The zero-order valence-corrected chi connectivity index (χ0v) is 12.6. The molecule has 1 aliphatic rings. The fourth-order valence-corrected chi connectivity index (χ4v) is 2.17. The summed E-state index contributed by atoms with van der Waals surface area (Å²) in [5, 5.41) is 0. The van der Waals surface area contributed by atoms with Crippen LogP contribution in [-0.4, -0.2) is 31.0 Å². The Labute approximate surface area is 140 Å². The summed E-state index contributed by atoms with van der Waals surface area (Å²) < 4.78 is 48.9. The molecule has 1 saturated heterocycles. The summed E-state index contributed by atoms with van der Waals surface area (Å²) in [6, 6.07) is 8.73. The van der Waals surface area contributed by atoms with Gasteiger partial charge in [-0.1, -0.05) is 6.07 Å². The zero-order valence-electron chi connectivity index (χ0n) is 16.6. The molecule has 2 heterocycles. The predicted molar refractivity (Wildman–Crippen MR) is 84.5 cm³/mol. The monoisotopic (exact) mass is 317 g/mol. The minimum absolute atomic E-state index is 0.103. The minimum atomic E-state index is -2.70. The van der Waals surface area contributed by atoms with E-state index in [2.05, 4.69) is 4.98 Å². The van der Waals surface area contributed by atoms with Crippen molar-refractivity contribution in [2.75, 3.05) is 19.8 Å². The molecule has 1 aromatic carbocycles. The van der Waals surface area contributed by atoms with Crippen molar-refractivity contribution in [1.29, 1.82) is 0 Å². The average Bonchev–Trinajstić information content (AvgIpc) is 3.10. The standard InChI is InChI=1S/C18H19NO4/c1-18(22-10-11-23-18)15-4-5-16(19-12-15)8-9-21-17-6-2-14(13-20)3-7-17/h2-7,12-13H,8-11H2,1H3/i8D2,9D2. The van der Waals surface area contributed by atoms with E-state index in [0.717, 1.165) is 0 Å². The van der Waals surface area contributed by atoms with Gasteiger partial charge in [-0.2, -0.15) is 0 Å². The molecule has 0 radical (unpaired) electrons. The maximum atomic E-state index is 10.7. The van der Waals surface area contributed by atoms with Gasteiger partial charge in [0.25, 0.3) is 0 Å². The molecule has 0 N–H and O–H groups in total. The highest BCUT2D eigenvalue weighted by Crippen LogP contribution is 2.30. The number of carbonyl (C=O) groups is 1. The van der Waals surface area contributed by atoms with Gasteiger partial charge in [-0.25, -0.2) is 0 Å². The first-order valence-electron chi connectivity index (χ1n) is 9.17. The lowest BCUT2D eigenvalue weighted by atomic mass is 10.1. The van der Waals surface area contributed by atoms with Gasteiger partial charge in [0.15, 0.2) is 5.79 Å². The highest BCUT2D eigenvalue weighted by atomic mass is 16.7. The Kier molecular flexibility index (Phi) is 3.39. The van der Waals surface area contributed by atoms with Gasteiger partial charge in [-0.05, 0) is 37.3 Å². The van der Waals surface area contributed by atoms with E-state index in [1.807, 2.05) is 0 Å². The summed E-state index contributed by atoms with van der Waals surface area (Å²) >= 11 is 0. The first-order chi connectivity index (χ1) is 12.7. The van der Waals surface area contributed by atoms with E-state index < -0.39 is 18.7 Å². The largest absolute Gasteiger partial charge is 0.493 e. The van der Waals surface area contributed by atoms with Crippen LogP contribution in [0.2, 0.25) is 0 Å². The summed E-state index contributed by atoms with van der Waals surface area (Å²) in [4.78, 5) is 14.8. The van der Waals surface area contributed by atoms with Crippen molar-refractivity contribution in [2.45, 2.75) is 19.1 Å². The molecule has 5 nitrogen and oxygen atoms in total. The van der Waals surface area contributed by atoms with Crippen LogP contribution in [-0.2, 0) is 21.6 Å². The number of benzene rings is 1. The normalized spacial score (nSPS) is 20.0. The molecule has 0 spiro atoms. The Morgan fingerprint density at radius 2 is 2.00 bits per heavy atom. The van der Waals surface area contributed by atoms with E-state index >= 15 is 0 Å². The zero-order chi connectivity index (χ0) is 19.7. The van der Waals surface area contributed by atoms with Crippen molar-refractivity contribution >= 4 is 6.29 Å². The quantitative estimate of drug-likeness (QED) is 0.767. The van der Waals surface area contributed by atoms with Gasteiger partial charge in [0, 0.05) is 32.1 Å². The van der Waals surface area contributed by atoms with Gasteiger partial charge >= 0.3 is 0 Å². The number of aldehydes is 1. The van der Waals surface area contributed by atoms with Crippen molar-refractivity contribution in [3.05, 3.63) is 59.4 Å². The van der Waals surface area contributed by atoms with Crippen LogP contribution in [0.15, 0.2) is 42.6 Å². The maximum Gasteiger partial charge on any atom is 0.193 e. The predicted octanol–water partition coefficient (Wildman–Crippen LogP) is 2.74. The molecule has 0 aliphatic carbocycles. The number of hydrogen-bond donors (Lipinski definition) is 0. The molecule has 120 valence electrons. The second-order valence-electron chi connectivity index (χ2n) is 5.09. The molecule has 0 unspecified atom stereocenters. The molecule has 1 aromatic heterocycles. The Bertz CT molecular complexity index is 803. The van der Waals surface area contributed by atoms with Crippen molar-refractivity contribution in [3.8, 4) is 5.75 Å². The maximum absolute atomic E-state index is 10.7. The van der Waals surface area contributed by atoms with Crippen LogP contribution in [0.4, 0.5) is 0 Å². The smallest absolute Gasteiger partial charge is 0.193 e. The summed E-state index contributed by atoms with van der Waals surface area (Å²) in [5.74, 6) is -0.833. The molecule has 2 aromatic rings. The first kappa shape index (κ1) is 11.3. The highest BCUT2D eigenvalue weighted by molar-refractivity contribution is 5.74. The van der Waals surface area contributed by atoms with Crippen molar-refractivity contribution in [2.24, 2.45) is 0 Å². The topological polar surface area (TPSA) is 57.7 Å². The van der Waals surface area contributed by atoms with Gasteiger partial charge in [-0.3, -0.25) is 9.78 Å². The van der Waals surface area contributed by atoms with Gasteiger partial charge in [0.1, 0.15) is 12.0 Å². The highest BCUT2D eigenvalue weighted by Gasteiger charge is 2.33. The third-order valence-electron chi connectivity index (χ3n) is 3.49. The lowest BCUT2D eigenvalue weighted by molar-refractivity contribution is -0.149. The molecule has 1 fully saturated rings. The number of pyridine rings is 1. The summed E-state index contributed by atoms with van der Waals surface area (Å²) in [6.07, 6.45) is -0.470. The third kappa shape index (κ3) is 3.75. The van der Waals surface area contributed by atoms with E-state index in [1.54, 1.807) is 13.0 Å². The molecule has 5 heteroatoms. The third-order valence-corrected chi connectivity index (χ3v) is 3.49. The Balaban J connectivity index is 1.81. The number of nitrogens with zero attached hydrogens (tertiary/aromatic N) is 1. The SMILES string of the molecule is [2H]C([2H])(Oc1ccc(C=O)cc1)C([2H])([2H])c1ccc(C2(C)OCCO2)cn1. The van der Waals surface area contributed by atoms with Crippen LogP contribution >= 0.6 is 0 Å². The molecular formula is C18H19NO4. The molecule has 0 atom stereocenters. The van der Waals surface area contributed by atoms with Crippen LogP contribution in [0.1, 0.15) is 34.0 Å². The summed E-state index contributed by atoms with van der Waals surface area (Å²) in [6.45, 7) is -0.0398. The second kappa shape index (κ2) is 6.89. The van der Waals surface area contributed by atoms with Crippen LogP contribution < -0.4 is 4.74 Å². The van der Waals surface area contributed by atoms with E-state index in [1.165, 1.54) is 36.5 Å². The molecule has 0 bridgehead atoms. The van der Waals surface area contributed by atoms with E-state index in [-0.39, 0.29) is 11.4 Å². The molecular weight excluding hydrogens is 294 g/mol. The van der Waals surface area contributed by atoms with Gasteiger partial charge in [0.05, 0.1) is 22.5 Å². The number of rotatable bonds is 6. The van der Waals surface area contributed by atoms with Gasteiger partial charge in [0.2, 0.25) is 0 Å². The van der Waals surface area contributed by atoms with Gasteiger partial charge in [-0.15, -0.1) is 0 Å². The molecule has 0 saturated carbocycles. The van der Waals surface area contributed by atoms with Crippen molar-refractivity contribution in [3.63, 3.8) is 0 Å². The number of aryl methyl sites for hydroxylation is 1. The van der Waals surface area contributed by atoms with Crippen LogP contribution in [0.5, 0.6) is 5.75 Å². The number of carbonyl (C=O) groups excluding carboxylic acids is 1. The Hall–Kier alpha value is -2.24. The lowest BCUT2D eigenvalue weighted by Gasteiger charge is -2.22. The average molecular weight is 317 g/mol. The van der Waals surface area contributed by atoms with Crippen molar-refractivity contribution in [1.82, 2.24) is 4.98 Å². The van der Waals surface area contributed by atoms with E-state index in [9.17, 15) is 4.79 Å². The fraction of sp³-hybridized carbons (Fsp3) is 0.333. The summed E-state index contributed by atoms with van der Waals surface area (Å²) in [5.41, 5.74) is 0.904. The number of hydrogen-bond acceptors (Lipinski definition) is 5. The fourth-order valence-electron chi connectivity index (χ4n) is 2.17. The van der Waals surface area contributed by atoms with Crippen LogP contribution in [0, 0.1) is 0 Å². The van der Waals surface area contributed by atoms with Crippen LogP contribution in [0.25, 0.3) is 0 Å².